The number of hydrogen-bond donors (Lipinski definition) is 1. The van der Waals surface area contributed by atoms with Gasteiger partial charge < -0.3 is 14.6 Å². The summed E-state index contributed by atoms with van der Waals surface area (Å²) in [7, 11) is 0. The highest BCUT2D eigenvalue weighted by molar-refractivity contribution is 4.85. The van der Waals surface area contributed by atoms with E-state index < -0.39 is 0 Å². The number of aliphatic hydroxyl groups excluding tert-OH is 1. The van der Waals surface area contributed by atoms with E-state index in [9.17, 15) is 0 Å². The lowest BCUT2D eigenvalue weighted by Crippen LogP contribution is -2.22. The van der Waals surface area contributed by atoms with Gasteiger partial charge in [-0.05, 0) is 43.9 Å². The highest BCUT2D eigenvalue weighted by Gasteiger charge is 2.35. The van der Waals surface area contributed by atoms with E-state index in [0.717, 1.165) is 32.0 Å². The van der Waals surface area contributed by atoms with Crippen LogP contribution in [0.15, 0.2) is 0 Å². The molecule has 1 saturated heterocycles. The summed E-state index contributed by atoms with van der Waals surface area (Å²) in [5.41, 5.74) is 0. The molecule has 1 aliphatic carbocycles. The lowest BCUT2D eigenvalue weighted by molar-refractivity contribution is -0.162. The Morgan fingerprint density at radius 2 is 2.06 bits per heavy atom. The average molecular weight is 242 g/mol. The Bertz CT molecular complexity index is 202. The number of hydrogen-bond acceptors (Lipinski definition) is 3. The van der Waals surface area contributed by atoms with Crippen LogP contribution >= 0.6 is 0 Å². The van der Waals surface area contributed by atoms with E-state index in [0.29, 0.717) is 12.5 Å². The Hall–Kier alpha value is -0.120. The summed E-state index contributed by atoms with van der Waals surface area (Å²) in [5.74, 6) is 1.45. The fourth-order valence-corrected chi connectivity index (χ4v) is 2.63. The van der Waals surface area contributed by atoms with E-state index in [1.54, 1.807) is 0 Å². The molecule has 1 N–H and O–H groups in total. The predicted molar refractivity (Wildman–Crippen MR) is 66.7 cm³/mol. The molecule has 0 aromatic heterocycles. The van der Waals surface area contributed by atoms with Gasteiger partial charge in [0.1, 0.15) is 0 Å². The van der Waals surface area contributed by atoms with Gasteiger partial charge in [0.25, 0.3) is 0 Å². The molecule has 0 aromatic rings. The molecule has 3 heteroatoms. The van der Waals surface area contributed by atoms with Crippen LogP contribution in [0.1, 0.15) is 51.4 Å². The molecule has 3 nitrogen and oxygen atoms in total. The molecule has 0 bridgehead atoms. The van der Waals surface area contributed by atoms with Crippen molar-refractivity contribution in [2.24, 2.45) is 11.8 Å². The smallest absolute Gasteiger partial charge is 0.157 e. The molecule has 17 heavy (non-hydrogen) atoms. The van der Waals surface area contributed by atoms with Crippen molar-refractivity contribution in [3.8, 4) is 0 Å². The molecule has 1 unspecified atom stereocenters. The SMILES string of the molecule is OC[C@H]1C[C@H]1CCCCCOC1CCCCO1. The van der Waals surface area contributed by atoms with Crippen molar-refractivity contribution in [2.45, 2.75) is 57.7 Å². The Kier molecular flexibility index (Phi) is 5.75. The molecule has 3 atom stereocenters. The quantitative estimate of drug-likeness (QED) is 0.665. The van der Waals surface area contributed by atoms with Crippen molar-refractivity contribution in [2.75, 3.05) is 19.8 Å². The van der Waals surface area contributed by atoms with E-state index in [1.807, 2.05) is 0 Å². The largest absolute Gasteiger partial charge is 0.396 e. The van der Waals surface area contributed by atoms with Gasteiger partial charge in [-0.25, -0.2) is 0 Å². The molecule has 2 rings (SSSR count). The Morgan fingerprint density at radius 3 is 2.76 bits per heavy atom. The van der Waals surface area contributed by atoms with Crippen LogP contribution in [-0.4, -0.2) is 31.2 Å². The molecule has 0 spiro atoms. The molecule has 2 aliphatic rings. The first-order valence-corrected chi connectivity index (χ1v) is 7.24. The van der Waals surface area contributed by atoms with Gasteiger partial charge in [-0.2, -0.15) is 0 Å². The van der Waals surface area contributed by atoms with Crippen molar-refractivity contribution >= 4 is 0 Å². The predicted octanol–water partition coefficient (Wildman–Crippen LogP) is 2.72. The molecule has 100 valence electrons. The Balaban J connectivity index is 1.36. The van der Waals surface area contributed by atoms with Gasteiger partial charge in [0.05, 0.1) is 0 Å². The van der Waals surface area contributed by atoms with Crippen LogP contribution in [0.2, 0.25) is 0 Å². The molecule has 1 aliphatic heterocycles. The van der Waals surface area contributed by atoms with Crippen molar-refractivity contribution in [3.05, 3.63) is 0 Å². The first kappa shape index (κ1) is 13.3. The third-order valence-corrected chi connectivity index (χ3v) is 3.96. The highest BCUT2D eigenvalue weighted by atomic mass is 16.7. The van der Waals surface area contributed by atoms with Crippen LogP contribution in [0.25, 0.3) is 0 Å². The third kappa shape index (κ3) is 4.94. The minimum Gasteiger partial charge on any atom is -0.396 e. The van der Waals surface area contributed by atoms with Crippen molar-refractivity contribution < 1.29 is 14.6 Å². The van der Waals surface area contributed by atoms with Gasteiger partial charge >= 0.3 is 0 Å². The average Bonchev–Trinajstić information content (AvgIpc) is 3.13. The Morgan fingerprint density at radius 1 is 1.12 bits per heavy atom. The minimum absolute atomic E-state index is 0.0750. The number of rotatable bonds is 8. The zero-order valence-corrected chi connectivity index (χ0v) is 10.8. The van der Waals surface area contributed by atoms with Gasteiger partial charge in [0.2, 0.25) is 0 Å². The second-order valence-corrected chi connectivity index (χ2v) is 5.45. The first-order valence-electron chi connectivity index (χ1n) is 7.24. The second kappa shape index (κ2) is 7.34. The molecule has 0 radical (unpaired) electrons. The van der Waals surface area contributed by atoms with Crippen LogP contribution in [0.4, 0.5) is 0 Å². The van der Waals surface area contributed by atoms with E-state index >= 15 is 0 Å². The van der Waals surface area contributed by atoms with Gasteiger partial charge in [-0.1, -0.05) is 19.3 Å². The van der Waals surface area contributed by atoms with Gasteiger partial charge in [-0.3, -0.25) is 0 Å². The maximum atomic E-state index is 8.93. The summed E-state index contributed by atoms with van der Waals surface area (Å²) in [6, 6.07) is 0. The van der Waals surface area contributed by atoms with Crippen molar-refractivity contribution in [1.29, 1.82) is 0 Å². The number of unbranched alkanes of at least 4 members (excludes halogenated alkanes) is 2. The van der Waals surface area contributed by atoms with Gasteiger partial charge in [0.15, 0.2) is 6.29 Å². The monoisotopic (exact) mass is 242 g/mol. The fraction of sp³-hybridized carbons (Fsp3) is 1.00. The van der Waals surface area contributed by atoms with Crippen molar-refractivity contribution in [1.82, 2.24) is 0 Å². The zero-order chi connectivity index (χ0) is 11.9. The minimum atomic E-state index is 0.0750. The van der Waals surface area contributed by atoms with Crippen LogP contribution in [0.3, 0.4) is 0 Å². The Labute approximate surface area is 104 Å². The van der Waals surface area contributed by atoms with Crippen LogP contribution in [-0.2, 0) is 9.47 Å². The van der Waals surface area contributed by atoms with Crippen LogP contribution in [0.5, 0.6) is 0 Å². The number of ether oxygens (including phenoxy) is 2. The number of aliphatic hydroxyl groups is 1. The lowest BCUT2D eigenvalue weighted by atomic mass is 10.1. The molecular weight excluding hydrogens is 216 g/mol. The second-order valence-electron chi connectivity index (χ2n) is 5.45. The highest BCUT2D eigenvalue weighted by Crippen LogP contribution is 2.41. The van der Waals surface area contributed by atoms with E-state index in [2.05, 4.69) is 0 Å². The van der Waals surface area contributed by atoms with Crippen LogP contribution < -0.4 is 0 Å². The molecular formula is C14H26O3. The van der Waals surface area contributed by atoms with E-state index in [-0.39, 0.29) is 6.29 Å². The summed E-state index contributed by atoms with van der Waals surface area (Å²) in [6.45, 7) is 2.11. The summed E-state index contributed by atoms with van der Waals surface area (Å²) in [4.78, 5) is 0. The summed E-state index contributed by atoms with van der Waals surface area (Å²) in [5, 5.41) is 8.93. The topological polar surface area (TPSA) is 38.7 Å². The van der Waals surface area contributed by atoms with Crippen molar-refractivity contribution in [3.63, 3.8) is 0 Å². The molecule has 1 saturated carbocycles. The van der Waals surface area contributed by atoms with E-state index in [1.165, 1.54) is 38.5 Å². The lowest BCUT2D eigenvalue weighted by Gasteiger charge is -2.22. The van der Waals surface area contributed by atoms with E-state index in [4.69, 9.17) is 14.6 Å². The molecule has 0 aromatic carbocycles. The molecule has 0 amide bonds. The zero-order valence-electron chi connectivity index (χ0n) is 10.8. The van der Waals surface area contributed by atoms with Gasteiger partial charge in [-0.15, -0.1) is 0 Å². The normalized spacial score (nSPS) is 32.6. The first-order chi connectivity index (χ1) is 8.40. The summed E-state index contributed by atoms with van der Waals surface area (Å²) < 4.78 is 11.2. The third-order valence-electron chi connectivity index (χ3n) is 3.96. The summed E-state index contributed by atoms with van der Waals surface area (Å²) >= 11 is 0. The molecule has 2 fully saturated rings. The fourth-order valence-electron chi connectivity index (χ4n) is 2.63. The van der Waals surface area contributed by atoms with Gasteiger partial charge in [0, 0.05) is 19.8 Å². The van der Waals surface area contributed by atoms with Crippen LogP contribution in [0, 0.1) is 11.8 Å². The summed E-state index contributed by atoms with van der Waals surface area (Å²) in [6.07, 6.45) is 9.82. The maximum Gasteiger partial charge on any atom is 0.157 e. The standard InChI is InChI=1S/C14H26O3/c15-11-13-10-12(13)6-2-1-4-8-16-14-7-3-5-9-17-14/h12-15H,1-11H2/t12-,13-,14?/m1/s1. The molecule has 1 heterocycles. The maximum absolute atomic E-state index is 8.93.